The molecule has 19 heavy (non-hydrogen) atoms. The van der Waals surface area contributed by atoms with Crippen LogP contribution < -0.4 is 5.32 Å². The summed E-state index contributed by atoms with van der Waals surface area (Å²) in [6.07, 6.45) is 0. The Morgan fingerprint density at radius 1 is 1.21 bits per heavy atom. The zero-order valence-corrected chi connectivity index (χ0v) is 12.5. The van der Waals surface area contributed by atoms with Crippen LogP contribution >= 0.6 is 11.3 Å². The largest absolute Gasteiger partial charge is 0.314 e. The monoisotopic (exact) mass is 280 g/mol. The van der Waals surface area contributed by atoms with Crippen molar-refractivity contribution < 1.29 is 0 Å². The summed E-state index contributed by atoms with van der Waals surface area (Å²) in [5.74, 6) is 0.935. The van der Waals surface area contributed by atoms with Crippen molar-refractivity contribution in [2.45, 2.75) is 32.7 Å². The maximum atomic E-state index is 4.68. The first-order valence-corrected chi connectivity index (χ1v) is 7.50. The minimum Gasteiger partial charge on any atom is -0.314 e. The number of rotatable bonds is 2. The van der Waals surface area contributed by atoms with Crippen LogP contribution in [0.1, 0.15) is 31.6 Å². The molecule has 0 bridgehead atoms. The molecule has 0 atom stereocenters. The zero-order valence-electron chi connectivity index (χ0n) is 11.7. The van der Waals surface area contributed by atoms with Crippen LogP contribution in [-0.4, -0.2) is 50.9 Å². The maximum Gasteiger partial charge on any atom is 0.234 e. The molecule has 7 heteroatoms. The minimum atomic E-state index is -0.0280. The minimum absolute atomic E-state index is 0.0280. The molecule has 1 aliphatic rings. The lowest BCUT2D eigenvalue weighted by atomic mass is 9.96. The van der Waals surface area contributed by atoms with Crippen molar-refractivity contribution in [1.29, 1.82) is 0 Å². The fourth-order valence-corrected chi connectivity index (χ4v) is 3.12. The van der Waals surface area contributed by atoms with E-state index >= 15 is 0 Å². The van der Waals surface area contributed by atoms with Crippen LogP contribution in [0.4, 0.5) is 0 Å². The molecule has 3 heterocycles. The molecule has 1 fully saturated rings. The molecule has 0 radical (unpaired) electrons. The molecule has 2 aromatic heterocycles. The molecule has 0 aliphatic carbocycles. The standard InChI is InChI=1S/C12H20N6S/c1-12(2,3)10-14-15-11-18(10)16-9(19-11)8-17-6-4-13-5-7-17/h13H,4-8H2,1-3H3. The first-order chi connectivity index (χ1) is 9.04. The molecule has 3 rings (SSSR count). The van der Waals surface area contributed by atoms with Crippen LogP contribution in [-0.2, 0) is 12.0 Å². The third-order valence-electron chi connectivity index (χ3n) is 3.27. The van der Waals surface area contributed by atoms with Crippen molar-refractivity contribution in [1.82, 2.24) is 30.0 Å². The lowest BCUT2D eigenvalue weighted by molar-refractivity contribution is 0.232. The number of fused-ring (bicyclic) bond motifs is 1. The molecule has 2 aromatic rings. The van der Waals surface area contributed by atoms with Crippen molar-refractivity contribution in [2.75, 3.05) is 26.2 Å². The molecule has 0 unspecified atom stereocenters. The van der Waals surface area contributed by atoms with Gasteiger partial charge in [-0.1, -0.05) is 32.1 Å². The summed E-state index contributed by atoms with van der Waals surface area (Å²) in [6.45, 7) is 11.6. The van der Waals surface area contributed by atoms with E-state index < -0.39 is 0 Å². The summed E-state index contributed by atoms with van der Waals surface area (Å²) in [5.41, 5.74) is -0.0280. The summed E-state index contributed by atoms with van der Waals surface area (Å²) in [4.78, 5) is 3.33. The molecule has 104 valence electrons. The summed E-state index contributed by atoms with van der Waals surface area (Å²) in [6, 6.07) is 0. The first kappa shape index (κ1) is 13.0. The van der Waals surface area contributed by atoms with Crippen molar-refractivity contribution >= 4 is 16.3 Å². The number of hydrogen-bond acceptors (Lipinski definition) is 6. The molecular formula is C12H20N6S. The molecule has 1 aliphatic heterocycles. The van der Waals surface area contributed by atoms with E-state index in [9.17, 15) is 0 Å². The van der Waals surface area contributed by atoms with Gasteiger partial charge in [0.15, 0.2) is 5.82 Å². The highest BCUT2D eigenvalue weighted by molar-refractivity contribution is 7.16. The third kappa shape index (κ3) is 2.63. The highest BCUT2D eigenvalue weighted by atomic mass is 32.1. The van der Waals surface area contributed by atoms with Crippen LogP contribution in [0, 0.1) is 0 Å². The lowest BCUT2D eigenvalue weighted by Gasteiger charge is -2.25. The van der Waals surface area contributed by atoms with Crippen molar-refractivity contribution in [3.05, 3.63) is 10.8 Å². The van der Waals surface area contributed by atoms with Gasteiger partial charge in [-0.2, -0.15) is 9.61 Å². The van der Waals surface area contributed by atoms with E-state index in [1.807, 2.05) is 4.52 Å². The second kappa shape index (κ2) is 4.81. The average Bonchev–Trinajstić information content (AvgIpc) is 2.88. The smallest absolute Gasteiger partial charge is 0.234 e. The van der Waals surface area contributed by atoms with E-state index in [1.165, 1.54) is 0 Å². The van der Waals surface area contributed by atoms with E-state index in [0.29, 0.717) is 0 Å². The topological polar surface area (TPSA) is 58.4 Å². The Morgan fingerprint density at radius 3 is 2.63 bits per heavy atom. The van der Waals surface area contributed by atoms with Gasteiger partial charge in [-0.05, 0) is 0 Å². The Kier molecular flexibility index (Phi) is 3.28. The van der Waals surface area contributed by atoms with Crippen molar-refractivity contribution in [2.24, 2.45) is 0 Å². The van der Waals surface area contributed by atoms with Gasteiger partial charge in [0.1, 0.15) is 5.01 Å². The number of piperazine rings is 1. The van der Waals surface area contributed by atoms with Crippen LogP contribution in [0.25, 0.3) is 4.96 Å². The van der Waals surface area contributed by atoms with E-state index in [2.05, 4.69) is 46.3 Å². The summed E-state index contributed by atoms with van der Waals surface area (Å²) in [5, 5.41) is 17.7. The molecule has 6 nitrogen and oxygen atoms in total. The number of aromatic nitrogens is 4. The SMILES string of the molecule is CC(C)(C)c1nnc2sc(CN3CCNCC3)nn12. The summed E-state index contributed by atoms with van der Waals surface area (Å²) >= 11 is 1.64. The van der Waals surface area contributed by atoms with Gasteiger partial charge >= 0.3 is 0 Å². The van der Waals surface area contributed by atoms with Gasteiger partial charge in [0.2, 0.25) is 4.96 Å². The normalized spacial score (nSPS) is 18.3. The van der Waals surface area contributed by atoms with Crippen LogP contribution in [0.15, 0.2) is 0 Å². The Morgan fingerprint density at radius 2 is 1.95 bits per heavy atom. The Hall–Kier alpha value is -1.05. The van der Waals surface area contributed by atoms with Gasteiger partial charge in [-0.15, -0.1) is 10.2 Å². The Balaban J connectivity index is 1.83. The van der Waals surface area contributed by atoms with Gasteiger partial charge < -0.3 is 5.32 Å². The van der Waals surface area contributed by atoms with Gasteiger partial charge in [0.25, 0.3) is 0 Å². The Labute approximate surface area is 116 Å². The van der Waals surface area contributed by atoms with Crippen LogP contribution in [0.3, 0.4) is 0 Å². The lowest BCUT2D eigenvalue weighted by Crippen LogP contribution is -2.42. The van der Waals surface area contributed by atoms with Gasteiger partial charge in [0.05, 0.1) is 6.54 Å². The molecule has 1 saturated heterocycles. The fraction of sp³-hybridized carbons (Fsp3) is 0.750. The number of hydrogen-bond donors (Lipinski definition) is 1. The van der Waals surface area contributed by atoms with Gasteiger partial charge in [-0.3, -0.25) is 4.90 Å². The van der Waals surface area contributed by atoms with Crippen LogP contribution in [0.5, 0.6) is 0 Å². The fourth-order valence-electron chi connectivity index (χ4n) is 2.25. The molecule has 1 N–H and O–H groups in total. The molecular weight excluding hydrogens is 260 g/mol. The van der Waals surface area contributed by atoms with Gasteiger partial charge in [0, 0.05) is 31.6 Å². The average molecular weight is 280 g/mol. The van der Waals surface area contributed by atoms with E-state index in [-0.39, 0.29) is 5.41 Å². The highest BCUT2D eigenvalue weighted by Gasteiger charge is 2.23. The van der Waals surface area contributed by atoms with Gasteiger partial charge in [-0.25, -0.2) is 0 Å². The highest BCUT2D eigenvalue weighted by Crippen LogP contribution is 2.23. The van der Waals surface area contributed by atoms with E-state index in [4.69, 9.17) is 0 Å². The summed E-state index contributed by atoms with van der Waals surface area (Å²) in [7, 11) is 0. The predicted molar refractivity (Wildman–Crippen MR) is 75.5 cm³/mol. The molecule has 0 saturated carbocycles. The van der Waals surface area contributed by atoms with E-state index in [0.717, 1.165) is 48.5 Å². The quantitative estimate of drug-likeness (QED) is 0.885. The van der Waals surface area contributed by atoms with E-state index in [1.54, 1.807) is 11.3 Å². The number of nitrogens with one attached hydrogen (secondary N) is 1. The summed E-state index contributed by atoms with van der Waals surface area (Å²) < 4.78 is 1.90. The molecule has 0 spiro atoms. The van der Waals surface area contributed by atoms with Crippen LogP contribution in [0.2, 0.25) is 0 Å². The predicted octanol–water partition coefficient (Wildman–Crippen LogP) is 0.888. The first-order valence-electron chi connectivity index (χ1n) is 6.69. The second-order valence-electron chi connectivity index (χ2n) is 5.99. The number of nitrogens with zero attached hydrogens (tertiary/aromatic N) is 5. The molecule has 0 amide bonds. The maximum absolute atomic E-state index is 4.68. The third-order valence-corrected chi connectivity index (χ3v) is 4.16. The zero-order chi connectivity index (χ0) is 13.5. The van der Waals surface area contributed by atoms with Crippen molar-refractivity contribution in [3.63, 3.8) is 0 Å². The second-order valence-corrected chi connectivity index (χ2v) is 7.03. The molecule has 0 aromatic carbocycles. The Bertz CT molecular complexity index is 560. The van der Waals surface area contributed by atoms with Crippen molar-refractivity contribution in [3.8, 4) is 0 Å².